The summed E-state index contributed by atoms with van der Waals surface area (Å²) in [6.45, 7) is -0.417. The van der Waals surface area contributed by atoms with Crippen LogP contribution in [-0.2, 0) is 9.59 Å². The molecule has 9 heteroatoms. The number of carbonyl (C=O) groups excluding carboxylic acids is 2. The molecule has 1 aliphatic heterocycles. The average Bonchev–Trinajstić information content (AvgIpc) is 2.66. The van der Waals surface area contributed by atoms with Gasteiger partial charge in [-0.25, -0.2) is 4.79 Å². The number of carboxylic acids is 1. The molecule has 0 atom stereocenters. The molecule has 0 radical (unpaired) electrons. The SMILES string of the molecule is O=C(O)COc1c(I)cc(/C=C2/SC(=O)NC2=O)cc1I. The second kappa shape index (κ2) is 6.96. The number of thioether (sulfide) groups is 1. The van der Waals surface area contributed by atoms with E-state index in [1.165, 1.54) is 0 Å². The van der Waals surface area contributed by atoms with Gasteiger partial charge in [0.15, 0.2) is 6.61 Å². The lowest BCUT2D eigenvalue weighted by Crippen LogP contribution is -2.17. The molecular weight excluding hydrogens is 524 g/mol. The van der Waals surface area contributed by atoms with Crippen molar-refractivity contribution in [2.45, 2.75) is 0 Å². The largest absolute Gasteiger partial charge is 0.480 e. The molecule has 2 N–H and O–H groups in total. The number of benzene rings is 1. The highest BCUT2D eigenvalue weighted by atomic mass is 127. The van der Waals surface area contributed by atoms with Crippen LogP contribution in [0.3, 0.4) is 0 Å². The number of hydrogen-bond donors (Lipinski definition) is 2. The van der Waals surface area contributed by atoms with Crippen LogP contribution in [0.25, 0.3) is 6.08 Å². The Balaban J connectivity index is 2.27. The molecule has 1 aromatic carbocycles. The summed E-state index contributed by atoms with van der Waals surface area (Å²) in [6, 6.07) is 3.51. The monoisotopic (exact) mass is 531 g/mol. The van der Waals surface area contributed by atoms with E-state index in [9.17, 15) is 14.4 Å². The van der Waals surface area contributed by atoms with Gasteiger partial charge in [-0.05, 0) is 80.7 Å². The zero-order valence-electron chi connectivity index (χ0n) is 10.2. The van der Waals surface area contributed by atoms with Crippen molar-refractivity contribution in [3.05, 3.63) is 29.7 Å². The van der Waals surface area contributed by atoms with Gasteiger partial charge in [0.2, 0.25) is 0 Å². The van der Waals surface area contributed by atoms with Gasteiger partial charge < -0.3 is 9.84 Å². The molecular formula is C12H7I2NO5S. The molecule has 6 nitrogen and oxygen atoms in total. The van der Waals surface area contributed by atoms with Crippen LogP contribution in [0, 0.1) is 7.14 Å². The molecule has 1 aromatic rings. The molecule has 1 fully saturated rings. The van der Waals surface area contributed by atoms with Crippen LogP contribution in [0.15, 0.2) is 17.0 Å². The van der Waals surface area contributed by atoms with E-state index in [0.717, 1.165) is 24.5 Å². The van der Waals surface area contributed by atoms with Gasteiger partial charge in [-0.3, -0.25) is 14.9 Å². The summed E-state index contributed by atoms with van der Waals surface area (Å²) in [5.74, 6) is -0.980. The number of rotatable bonds is 4. The highest BCUT2D eigenvalue weighted by Gasteiger charge is 2.25. The summed E-state index contributed by atoms with van der Waals surface area (Å²) in [4.78, 5) is 33.5. The standard InChI is InChI=1S/C12H7I2NO5S/c13-6-1-5(3-8-11(18)15-12(19)21-8)2-7(14)10(6)20-4-9(16)17/h1-3H,4H2,(H,16,17)(H,15,18,19)/b8-3+. The summed E-state index contributed by atoms with van der Waals surface area (Å²) in [7, 11) is 0. The Morgan fingerprint density at radius 2 is 1.95 bits per heavy atom. The molecule has 0 saturated carbocycles. The highest BCUT2D eigenvalue weighted by Crippen LogP contribution is 2.32. The average molecular weight is 531 g/mol. The Bertz CT molecular complexity index is 651. The second-order valence-corrected chi connectivity index (χ2v) is 7.19. The first kappa shape index (κ1) is 16.5. The minimum atomic E-state index is -1.05. The van der Waals surface area contributed by atoms with Crippen LogP contribution in [0.2, 0.25) is 0 Å². The van der Waals surface area contributed by atoms with Crippen LogP contribution < -0.4 is 10.1 Å². The number of aliphatic carboxylic acids is 1. The third kappa shape index (κ3) is 4.32. The molecule has 0 spiro atoms. The van der Waals surface area contributed by atoms with Crippen LogP contribution >= 0.6 is 56.9 Å². The Labute approximate surface area is 151 Å². The zero-order valence-corrected chi connectivity index (χ0v) is 15.3. The van der Waals surface area contributed by atoms with Gasteiger partial charge in [0, 0.05) is 0 Å². The second-order valence-electron chi connectivity index (χ2n) is 3.85. The maximum Gasteiger partial charge on any atom is 0.341 e. The maximum atomic E-state index is 11.5. The van der Waals surface area contributed by atoms with Crippen molar-refractivity contribution < 1.29 is 24.2 Å². The minimum Gasteiger partial charge on any atom is -0.480 e. The Hall–Kier alpha value is -0.820. The molecule has 1 saturated heterocycles. The number of imide groups is 1. The van der Waals surface area contributed by atoms with Crippen molar-refractivity contribution in [2.24, 2.45) is 0 Å². The smallest absolute Gasteiger partial charge is 0.341 e. The fourth-order valence-corrected chi connectivity index (χ4v) is 4.32. The Morgan fingerprint density at radius 3 is 2.43 bits per heavy atom. The van der Waals surface area contributed by atoms with Crippen molar-refractivity contribution in [3.8, 4) is 5.75 Å². The molecule has 0 aliphatic carbocycles. The van der Waals surface area contributed by atoms with Gasteiger partial charge in [0.1, 0.15) is 5.75 Å². The predicted octanol–water partition coefficient (Wildman–Crippen LogP) is 2.68. The summed E-state index contributed by atoms with van der Waals surface area (Å²) >= 11 is 4.90. The van der Waals surface area contributed by atoms with Crippen LogP contribution in [-0.4, -0.2) is 28.8 Å². The number of hydrogen-bond acceptors (Lipinski definition) is 5. The Morgan fingerprint density at radius 1 is 1.33 bits per heavy atom. The van der Waals surface area contributed by atoms with Gasteiger partial charge in [-0.2, -0.15) is 0 Å². The molecule has 0 bridgehead atoms. The number of amides is 2. The Kier molecular flexibility index (Phi) is 5.48. The molecule has 21 heavy (non-hydrogen) atoms. The molecule has 2 amide bonds. The van der Waals surface area contributed by atoms with E-state index >= 15 is 0 Å². The minimum absolute atomic E-state index is 0.325. The molecule has 0 unspecified atom stereocenters. The summed E-state index contributed by atoms with van der Waals surface area (Å²) in [5.41, 5.74) is 0.735. The summed E-state index contributed by atoms with van der Waals surface area (Å²) < 4.78 is 6.67. The normalized spacial score (nSPS) is 16.2. The maximum absolute atomic E-state index is 11.5. The van der Waals surface area contributed by atoms with E-state index in [0.29, 0.717) is 10.7 Å². The molecule has 2 rings (SSSR count). The van der Waals surface area contributed by atoms with Crippen LogP contribution in [0.1, 0.15) is 5.56 Å². The van der Waals surface area contributed by atoms with Crippen molar-refractivity contribution in [1.29, 1.82) is 0 Å². The highest BCUT2D eigenvalue weighted by molar-refractivity contribution is 14.1. The van der Waals surface area contributed by atoms with Gasteiger partial charge in [-0.15, -0.1) is 0 Å². The molecule has 110 valence electrons. The quantitative estimate of drug-likeness (QED) is 0.459. The van der Waals surface area contributed by atoms with E-state index < -0.39 is 23.7 Å². The van der Waals surface area contributed by atoms with Crippen molar-refractivity contribution in [2.75, 3.05) is 6.61 Å². The number of carbonyl (C=O) groups is 3. The third-order valence-corrected chi connectivity index (χ3v) is 4.71. The fraction of sp³-hybridized carbons (Fsp3) is 0.0833. The zero-order chi connectivity index (χ0) is 15.6. The lowest BCUT2D eigenvalue weighted by atomic mass is 10.2. The summed E-state index contributed by atoms with van der Waals surface area (Å²) in [6.07, 6.45) is 1.61. The molecule has 1 aliphatic rings. The van der Waals surface area contributed by atoms with Gasteiger partial charge in [-0.1, -0.05) is 0 Å². The topological polar surface area (TPSA) is 92.7 Å². The first-order valence-electron chi connectivity index (χ1n) is 5.45. The summed E-state index contributed by atoms with van der Waals surface area (Å²) in [5, 5.41) is 10.4. The third-order valence-electron chi connectivity index (χ3n) is 2.30. The van der Waals surface area contributed by atoms with E-state index in [4.69, 9.17) is 9.84 Å². The van der Waals surface area contributed by atoms with Crippen molar-refractivity contribution in [3.63, 3.8) is 0 Å². The van der Waals surface area contributed by atoms with E-state index in [1.54, 1.807) is 18.2 Å². The number of ether oxygens (including phenoxy) is 1. The van der Waals surface area contributed by atoms with Crippen LogP contribution in [0.5, 0.6) is 5.75 Å². The fourth-order valence-electron chi connectivity index (χ4n) is 1.51. The number of nitrogens with one attached hydrogen (secondary N) is 1. The van der Waals surface area contributed by atoms with Crippen LogP contribution in [0.4, 0.5) is 4.79 Å². The number of carboxylic acid groups (broad SMARTS) is 1. The van der Waals surface area contributed by atoms with Gasteiger partial charge in [0.25, 0.3) is 11.1 Å². The van der Waals surface area contributed by atoms with Gasteiger partial charge in [0.05, 0.1) is 12.0 Å². The van der Waals surface area contributed by atoms with E-state index in [2.05, 4.69) is 5.32 Å². The first-order valence-corrected chi connectivity index (χ1v) is 8.42. The van der Waals surface area contributed by atoms with Gasteiger partial charge >= 0.3 is 5.97 Å². The lowest BCUT2D eigenvalue weighted by molar-refractivity contribution is -0.139. The van der Waals surface area contributed by atoms with E-state index in [1.807, 2.05) is 45.2 Å². The van der Waals surface area contributed by atoms with Crippen molar-refractivity contribution >= 4 is 80.1 Å². The van der Waals surface area contributed by atoms with Crippen molar-refractivity contribution in [1.82, 2.24) is 5.32 Å². The predicted molar refractivity (Wildman–Crippen MR) is 94.1 cm³/mol. The number of halogens is 2. The molecule has 1 heterocycles. The van der Waals surface area contributed by atoms with E-state index in [-0.39, 0.29) is 0 Å². The first-order chi connectivity index (χ1) is 9.86. The lowest BCUT2D eigenvalue weighted by Gasteiger charge is -2.09. The molecule has 0 aromatic heterocycles.